The fraction of sp³-hybridized carbons (Fsp3) is 0.538. The van der Waals surface area contributed by atoms with Gasteiger partial charge >= 0.3 is 0 Å². The molecule has 1 aromatic rings. The van der Waals surface area contributed by atoms with Gasteiger partial charge < -0.3 is 14.8 Å². The summed E-state index contributed by atoms with van der Waals surface area (Å²) in [5.74, 6) is 1.45. The molecule has 3 heteroatoms. The molecule has 0 aliphatic heterocycles. The molecule has 1 heterocycles. The summed E-state index contributed by atoms with van der Waals surface area (Å²) in [7, 11) is 0. The second-order valence-electron chi connectivity index (χ2n) is 3.86. The zero-order valence-electron chi connectivity index (χ0n) is 9.86. The molecule has 0 saturated heterocycles. The highest BCUT2D eigenvalue weighted by Crippen LogP contribution is 2.05. The lowest BCUT2D eigenvalue weighted by atomic mass is 10.0. The minimum absolute atomic E-state index is 0.280. The lowest BCUT2D eigenvalue weighted by molar-refractivity contribution is 0.252. The Bertz CT molecular complexity index is 280. The topological polar surface area (TPSA) is 45.4 Å². The second kappa shape index (κ2) is 8.13. The van der Waals surface area contributed by atoms with Crippen molar-refractivity contribution in [1.82, 2.24) is 5.32 Å². The summed E-state index contributed by atoms with van der Waals surface area (Å²) in [6.45, 7) is 4.23. The van der Waals surface area contributed by atoms with Crippen LogP contribution in [0.15, 0.2) is 28.9 Å². The van der Waals surface area contributed by atoms with Crippen LogP contribution < -0.4 is 5.32 Å². The Morgan fingerprint density at radius 3 is 3.06 bits per heavy atom. The van der Waals surface area contributed by atoms with Gasteiger partial charge in [-0.15, -0.1) is 0 Å². The Morgan fingerprint density at radius 1 is 1.56 bits per heavy atom. The number of nitrogens with one attached hydrogen (secondary N) is 1. The van der Waals surface area contributed by atoms with E-state index in [9.17, 15) is 0 Å². The molecule has 0 fully saturated rings. The standard InChI is InChI=1S/C13H21NO2/c1-2-12(7-9-15)11-14-8-3-5-13-6-4-10-16-13/h3-6,10,12,14-15H,2,7-9,11H2,1H3/b5-3+. The summed E-state index contributed by atoms with van der Waals surface area (Å²) < 4.78 is 5.17. The van der Waals surface area contributed by atoms with E-state index >= 15 is 0 Å². The van der Waals surface area contributed by atoms with Crippen LogP contribution in [-0.4, -0.2) is 24.8 Å². The Labute approximate surface area is 97.2 Å². The van der Waals surface area contributed by atoms with Crippen LogP contribution in [0, 0.1) is 5.92 Å². The number of rotatable bonds is 8. The summed E-state index contributed by atoms with van der Waals surface area (Å²) in [4.78, 5) is 0. The van der Waals surface area contributed by atoms with Crippen molar-refractivity contribution in [2.75, 3.05) is 19.7 Å². The molecule has 1 unspecified atom stereocenters. The second-order valence-corrected chi connectivity index (χ2v) is 3.86. The van der Waals surface area contributed by atoms with E-state index in [2.05, 4.69) is 12.2 Å². The van der Waals surface area contributed by atoms with Crippen molar-refractivity contribution in [3.63, 3.8) is 0 Å². The van der Waals surface area contributed by atoms with E-state index in [4.69, 9.17) is 9.52 Å². The maximum Gasteiger partial charge on any atom is 0.126 e. The summed E-state index contributed by atoms with van der Waals surface area (Å²) in [6.07, 6.45) is 7.66. The monoisotopic (exact) mass is 223 g/mol. The number of aliphatic hydroxyl groups excluding tert-OH is 1. The predicted molar refractivity (Wildman–Crippen MR) is 66.1 cm³/mol. The summed E-state index contributed by atoms with van der Waals surface area (Å²) in [5, 5.41) is 12.2. The first-order valence-corrected chi connectivity index (χ1v) is 5.88. The summed E-state index contributed by atoms with van der Waals surface area (Å²) in [6, 6.07) is 3.80. The van der Waals surface area contributed by atoms with Gasteiger partial charge in [0.1, 0.15) is 5.76 Å². The van der Waals surface area contributed by atoms with Crippen LogP contribution >= 0.6 is 0 Å². The number of hydrogen-bond donors (Lipinski definition) is 2. The minimum atomic E-state index is 0.280. The third-order valence-electron chi connectivity index (χ3n) is 2.64. The van der Waals surface area contributed by atoms with Crippen LogP contribution in [0.1, 0.15) is 25.5 Å². The first-order chi connectivity index (χ1) is 7.86. The average molecular weight is 223 g/mol. The molecule has 0 radical (unpaired) electrons. The molecule has 3 nitrogen and oxygen atoms in total. The Balaban J connectivity index is 2.11. The van der Waals surface area contributed by atoms with E-state index in [0.717, 1.165) is 31.7 Å². The predicted octanol–water partition coefficient (Wildman–Crippen LogP) is 2.29. The molecule has 0 spiro atoms. The van der Waals surface area contributed by atoms with Gasteiger partial charge in [-0.25, -0.2) is 0 Å². The molecule has 0 aliphatic rings. The van der Waals surface area contributed by atoms with Crippen LogP contribution in [0.5, 0.6) is 0 Å². The third kappa shape index (κ3) is 5.14. The van der Waals surface area contributed by atoms with Gasteiger partial charge in [-0.05, 0) is 37.1 Å². The van der Waals surface area contributed by atoms with Gasteiger partial charge in [-0.3, -0.25) is 0 Å². The number of furan rings is 1. The molecule has 0 amide bonds. The highest BCUT2D eigenvalue weighted by atomic mass is 16.3. The van der Waals surface area contributed by atoms with Crippen molar-refractivity contribution in [2.45, 2.75) is 19.8 Å². The van der Waals surface area contributed by atoms with Gasteiger partial charge in [-0.2, -0.15) is 0 Å². The molecular weight excluding hydrogens is 202 g/mol. The molecule has 90 valence electrons. The molecule has 0 aliphatic carbocycles. The number of hydrogen-bond acceptors (Lipinski definition) is 3. The Kier molecular flexibility index (Phi) is 6.61. The van der Waals surface area contributed by atoms with Crippen LogP contribution in [0.4, 0.5) is 0 Å². The third-order valence-corrected chi connectivity index (χ3v) is 2.64. The molecule has 1 aromatic heterocycles. The van der Waals surface area contributed by atoms with Gasteiger partial charge in [0, 0.05) is 13.2 Å². The maximum atomic E-state index is 8.84. The van der Waals surface area contributed by atoms with Crippen molar-refractivity contribution in [2.24, 2.45) is 5.92 Å². The zero-order valence-corrected chi connectivity index (χ0v) is 9.86. The van der Waals surface area contributed by atoms with E-state index in [1.807, 2.05) is 24.3 Å². The largest absolute Gasteiger partial charge is 0.465 e. The smallest absolute Gasteiger partial charge is 0.126 e. The fourth-order valence-electron chi connectivity index (χ4n) is 1.57. The van der Waals surface area contributed by atoms with Gasteiger partial charge in [0.2, 0.25) is 0 Å². The van der Waals surface area contributed by atoms with Crippen molar-refractivity contribution in [3.05, 3.63) is 30.2 Å². The first kappa shape index (κ1) is 13.0. The lowest BCUT2D eigenvalue weighted by Gasteiger charge is -2.12. The quantitative estimate of drug-likeness (QED) is 0.665. The van der Waals surface area contributed by atoms with Gasteiger partial charge in [0.15, 0.2) is 0 Å². The van der Waals surface area contributed by atoms with Crippen LogP contribution in [0.25, 0.3) is 6.08 Å². The van der Waals surface area contributed by atoms with Crippen molar-refractivity contribution in [1.29, 1.82) is 0 Å². The molecule has 1 rings (SSSR count). The maximum absolute atomic E-state index is 8.84. The van der Waals surface area contributed by atoms with E-state index in [-0.39, 0.29) is 6.61 Å². The lowest BCUT2D eigenvalue weighted by Crippen LogP contribution is -2.23. The van der Waals surface area contributed by atoms with Gasteiger partial charge in [0.05, 0.1) is 6.26 Å². The van der Waals surface area contributed by atoms with E-state index < -0.39 is 0 Å². The first-order valence-electron chi connectivity index (χ1n) is 5.88. The molecule has 1 atom stereocenters. The normalized spacial score (nSPS) is 13.4. The summed E-state index contributed by atoms with van der Waals surface area (Å²) in [5.41, 5.74) is 0. The molecule has 2 N–H and O–H groups in total. The van der Waals surface area contributed by atoms with E-state index in [1.165, 1.54) is 0 Å². The molecule has 0 saturated carbocycles. The minimum Gasteiger partial charge on any atom is -0.465 e. The molecule has 16 heavy (non-hydrogen) atoms. The van der Waals surface area contributed by atoms with Crippen LogP contribution in [0.2, 0.25) is 0 Å². The van der Waals surface area contributed by atoms with Crippen LogP contribution in [-0.2, 0) is 0 Å². The number of aliphatic hydroxyl groups is 1. The molecule has 0 aromatic carbocycles. The van der Waals surface area contributed by atoms with Gasteiger partial charge in [-0.1, -0.05) is 19.4 Å². The highest BCUT2D eigenvalue weighted by molar-refractivity contribution is 5.42. The van der Waals surface area contributed by atoms with E-state index in [1.54, 1.807) is 6.26 Å². The molecular formula is C13H21NO2. The average Bonchev–Trinajstić information content (AvgIpc) is 2.80. The van der Waals surface area contributed by atoms with Crippen LogP contribution in [0.3, 0.4) is 0 Å². The highest BCUT2D eigenvalue weighted by Gasteiger charge is 2.03. The Morgan fingerprint density at radius 2 is 2.44 bits per heavy atom. The summed E-state index contributed by atoms with van der Waals surface area (Å²) >= 11 is 0. The van der Waals surface area contributed by atoms with Crippen molar-refractivity contribution < 1.29 is 9.52 Å². The van der Waals surface area contributed by atoms with Crippen molar-refractivity contribution in [3.8, 4) is 0 Å². The molecule has 0 bridgehead atoms. The fourth-order valence-corrected chi connectivity index (χ4v) is 1.57. The zero-order chi connectivity index (χ0) is 11.6. The SMILES string of the molecule is CCC(CCO)CNC/C=C/c1ccco1. The van der Waals surface area contributed by atoms with Crippen molar-refractivity contribution >= 4 is 6.08 Å². The van der Waals surface area contributed by atoms with E-state index in [0.29, 0.717) is 5.92 Å². The Hall–Kier alpha value is -1.06. The van der Waals surface area contributed by atoms with Gasteiger partial charge in [0.25, 0.3) is 0 Å².